The molecule has 0 spiro atoms. The zero-order chi connectivity index (χ0) is 15.1. The third kappa shape index (κ3) is 13.7. The van der Waals surface area contributed by atoms with E-state index in [0.717, 1.165) is 0 Å². The molecule has 2 unspecified atom stereocenters. The normalized spacial score (nSPS) is 14.4. The van der Waals surface area contributed by atoms with E-state index in [1.165, 1.54) is 89.9 Å². The third-order valence-electron chi connectivity index (χ3n) is 4.15. The van der Waals surface area contributed by atoms with Crippen LogP contribution in [0.25, 0.3) is 0 Å². The molecule has 2 atom stereocenters. The van der Waals surface area contributed by atoms with Gasteiger partial charge in [0.1, 0.15) is 0 Å². The highest BCUT2D eigenvalue weighted by Crippen LogP contribution is 2.22. The summed E-state index contributed by atoms with van der Waals surface area (Å²) in [6.45, 7) is 4.55. The lowest BCUT2D eigenvalue weighted by Crippen LogP contribution is -2.15. The summed E-state index contributed by atoms with van der Waals surface area (Å²) in [5.41, 5.74) is 0. The van der Waals surface area contributed by atoms with Gasteiger partial charge in [-0.1, -0.05) is 90.9 Å². The third-order valence-corrected chi connectivity index (χ3v) is 5.62. The van der Waals surface area contributed by atoms with E-state index in [-0.39, 0.29) is 0 Å². The summed E-state index contributed by atoms with van der Waals surface area (Å²) in [6, 6.07) is 0. The summed E-state index contributed by atoms with van der Waals surface area (Å²) in [5.74, 6) is 0. The Bertz CT molecular complexity index is 182. The molecule has 0 aromatic rings. The first-order valence-electron chi connectivity index (χ1n) is 9.08. The Labute approximate surface area is 139 Å². The maximum atomic E-state index is 4.75. The van der Waals surface area contributed by atoms with Crippen LogP contribution in [0, 0.1) is 0 Å². The first kappa shape index (κ1) is 20.7. The van der Waals surface area contributed by atoms with Gasteiger partial charge < -0.3 is 0 Å². The predicted molar refractivity (Wildman–Crippen MR) is 102 cm³/mol. The van der Waals surface area contributed by atoms with E-state index in [0.29, 0.717) is 10.5 Å². The summed E-state index contributed by atoms with van der Waals surface area (Å²) >= 11 is 9.50. The molecular formula is C18H38S2. The molecule has 122 valence electrons. The van der Waals surface area contributed by atoms with Crippen LogP contribution in [0.15, 0.2) is 0 Å². The molecule has 0 N–H and O–H groups in total. The molecule has 0 aliphatic carbocycles. The molecular weight excluding hydrogens is 280 g/mol. The highest BCUT2D eigenvalue weighted by molar-refractivity contribution is 7.85. The van der Waals surface area contributed by atoms with Crippen LogP contribution in [0.5, 0.6) is 0 Å². The van der Waals surface area contributed by atoms with E-state index in [1.807, 2.05) is 0 Å². The molecule has 0 bridgehead atoms. The first-order chi connectivity index (χ1) is 9.72. The minimum atomic E-state index is 0.500. The van der Waals surface area contributed by atoms with Crippen molar-refractivity contribution >= 4 is 25.3 Å². The van der Waals surface area contributed by atoms with Gasteiger partial charge in [-0.05, 0) is 12.8 Å². The fourth-order valence-electron chi connectivity index (χ4n) is 2.65. The summed E-state index contributed by atoms with van der Waals surface area (Å²) < 4.78 is 0. The molecule has 0 aromatic heterocycles. The average molecular weight is 319 g/mol. The van der Waals surface area contributed by atoms with Gasteiger partial charge in [-0.3, -0.25) is 0 Å². The van der Waals surface area contributed by atoms with Crippen molar-refractivity contribution in [2.45, 2.75) is 114 Å². The Hall–Kier alpha value is 0.700. The highest BCUT2D eigenvalue weighted by Gasteiger charge is 2.13. The molecule has 2 heteroatoms. The number of hydrogen-bond acceptors (Lipinski definition) is 2. The Morgan fingerprint density at radius 1 is 0.500 bits per heavy atom. The van der Waals surface area contributed by atoms with Crippen LogP contribution in [0.1, 0.15) is 104 Å². The molecule has 0 amide bonds. The van der Waals surface area contributed by atoms with Gasteiger partial charge in [0.15, 0.2) is 0 Å². The maximum absolute atomic E-state index is 4.75. The van der Waals surface area contributed by atoms with Crippen molar-refractivity contribution < 1.29 is 0 Å². The highest BCUT2D eigenvalue weighted by atomic mass is 32.1. The second-order valence-electron chi connectivity index (χ2n) is 6.25. The zero-order valence-electron chi connectivity index (χ0n) is 13.9. The average Bonchev–Trinajstić information content (AvgIpc) is 2.45. The van der Waals surface area contributed by atoms with Crippen molar-refractivity contribution in [1.82, 2.24) is 0 Å². The van der Waals surface area contributed by atoms with Crippen molar-refractivity contribution in [1.29, 1.82) is 0 Å². The van der Waals surface area contributed by atoms with E-state index in [2.05, 4.69) is 13.8 Å². The predicted octanol–water partition coefficient (Wildman–Crippen LogP) is 7.08. The molecule has 20 heavy (non-hydrogen) atoms. The van der Waals surface area contributed by atoms with Crippen LogP contribution in [0.2, 0.25) is 0 Å². The standard InChI is InChI=1S/C18H38S2/c1-3-5-7-9-10-12-14-16-18(20)17(19)15-13-11-8-6-4-2/h17-20H,3-16H2,1-2H3. The van der Waals surface area contributed by atoms with Gasteiger partial charge in [-0.2, -0.15) is 25.3 Å². The molecule has 0 fully saturated rings. The smallest absolute Gasteiger partial charge is 0.0133 e. The summed E-state index contributed by atoms with van der Waals surface area (Å²) in [6.07, 6.45) is 19.1. The Balaban J connectivity index is 3.34. The van der Waals surface area contributed by atoms with Crippen LogP contribution < -0.4 is 0 Å². The number of hydrogen-bond donors (Lipinski definition) is 2. The van der Waals surface area contributed by atoms with Gasteiger partial charge in [0.2, 0.25) is 0 Å². The number of rotatable bonds is 15. The van der Waals surface area contributed by atoms with E-state index in [9.17, 15) is 0 Å². The van der Waals surface area contributed by atoms with Crippen molar-refractivity contribution in [3.8, 4) is 0 Å². The summed E-state index contributed by atoms with van der Waals surface area (Å²) in [7, 11) is 0. The largest absolute Gasteiger partial charge is 0.175 e. The Morgan fingerprint density at radius 3 is 1.15 bits per heavy atom. The molecule has 0 saturated heterocycles. The quantitative estimate of drug-likeness (QED) is 0.234. The summed E-state index contributed by atoms with van der Waals surface area (Å²) in [5, 5.41) is 1.00. The second-order valence-corrected chi connectivity index (χ2v) is 7.57. The van der Waals surface area contributed by atoms with Crippen molar-refractivity contribution in [2.75, 3.05) is 0 Å². The van der Waals surface area contributed by atoms with Crippen molar-refractivity contribution in [3.63, 3.8) is 0 Å². The SMILES string of the molecule is CCCCCCCCCC(S)C(S)CCCCCCC. The van der Waals surface area contributed by atoms with Gasteiger partial charge in [0.05, 0.1) is 0 Å². The van der Waals surface area contributed by atoms with Gasteiger partial charge in [-0.15, -0.1) is 0 Å². The monoisotopic (exact) mass is 318 g/mol. The lowest BCUT2D eigenvalue weighted by molar-refractivity contribution is 0.547. The van der Waals surface area contributed by atoms with Gasteiger partial charge in [0, 0.05) is 10.5 Å². The second kappa shape index (κ2) is 16.1. The molecule has 0 radical (unpaired) electrons. The van der Waals surface area contributed by atoms with Gasteiger partial charge >= 0.3 is 0 Å². The van der Waals surface area contributed by atoms with E-state index in [1.54, 1.807) is 0 Å². The molecule has 0 nitrogen and oxygen atoms in total. The van der Waals surface area contributed by atoms with Gasteiger partial charge in [0.25, 0.3) is 0 Å². The molecule has 0 heterocycles. The van der Waals surface area contributed by atoms with Crippen LogP contribution in [0.4, 0.5) is 0 Å². The van der Waals surface area contributed by atoms with E-state index < -0.39 is 0 Å². The molecule has 0 aliphatic rings. The molecule has 0 aromatic carbocycles. The summed E-state index contributed by atoms with van der Waals surface area (Å²) in [4.78, 5) is 0. The molecule has 0 aliphatic heterocycles. The minimum absolute atomic E-state index is 0.500. The topological polar surface area (TPSA) is 0 Å². The van der Waals surface area contributed by atoms with Crippen molar-refractivity contribution in [3.05, 3.63) is 0 Å². The van der Waals surface area contributed by atoms with Crippen LogP contribution in [-0.4, -0.2) is 10.5 Å². The van der Waals surface area contributed by atoms with Crippen molar-refractivity contribution in [2.24, 2.45) is 0 Å². The van der Waals surface area contributed by atoms with E-state index >= 15 is 0 Å². The van der Waals surface area contributed by atoms with E-state index in [4.69, 9.17) is 25.3 Å². The molecule has 0 rings (SSSR count). The van der Waals surface area contributed by atoms with Crippen LogP contribution in [-0.2, 0) is 0 Å². The Kier molecular flexibility index (Phi) is 16.6. The minimum Gasteiger partial charge on any atom is -0.175 e. The van der Waals surface area contributed by atoms with Gasteiger partial charge in [-0.25, -0.2) is 0 Å². The zero-order valence-corrected chi connectivity index (χ0v) is 15.7. The number of unbranched alkanes of at least 4 members (excludes halogenated alkanes) is 10. The fraction of sp³-hybridized carbons (Fsp3) is 1.00. The lowest BCUT2D eigenvalue weighted by atomic mass is 10.0. The van der Waals surface area contributed by atoms with Crippen LogP contribution >= 0.6 is 25.3 Å². The lowest BCUT2D eigenvalue weighted by Gasteiger charge is -2.18. The maximum Gasteiger partial charge on any atom is 0.0133 e. The van der Waals surface area contributed by atoms with Crippen LogP contribution in [0.3, 0.4) is 0 Å². The fourth-order valence-corrected chi connectivity index (χ4v) is 3.32. The first-order valence-corrected chi connectivity index (χ1v) is 10.1. The Morgan fingerprint density at radius 2 is 0.800 bits per heavy atom. The number of thiol groups is 2. The molecule has 0 saturated carbocycles.